The Balaban J connectivity index is 3.79. The van der Waals surface area contributed by atoms with E-state index in [2.05, 4.69) is 116 Å². The molecule has 0 fully saturated rings. The number of phosphoric ester groups is 1. The normalized spacial score (nSPS) is 14.8. The van der Waals surface area contributed by atoms with E-state index >= 15 is 0 Å². The lowest BCUT2D eigenvalue weighted by atomic mass is 10.0. The number of hydrogen-bond acceptors (Lipinski definition) is 5. The van der Waals surface area contributed by atoms with Gasteiger partial charge >= 0.3 is 7.82 Å². The molecule has 0 aliphatic rings. The second kappa shape index (κ2) is 49.4. The van der Waals surface area contributed by atoms with Crippen molar-refractivity contribution in [1.29, 1.82) is 0 Å². The van der Waals surface area contributed by atoms with Crippen molar-refractivity contribution in [2.45, 2.75) is 231 Å². The van der Waals surface area contributed by atoms with Gasteiger partial charge in [0.2, 0.25) is 5.91 Å². The summed E-state index contributed by atoms with van der Waals surface area (Å²) in [7, 11) is 1.60. The summed E-state index contributed by atoms with van der Waals surface area (Å²) in [6.07, 6.45) is 71.0. The first kappa shape index (κ1) is 65.4. The van der Waals surface area contributed by atoms with Crippen molar-refractivity contribution >= 4 is 13.7 Å². The molecule has 0 rings (SSSR count). The van der Waals surface area contributed by atoms with E-state index in [9.17, 15) is 19.4 Å². The van der Waals surface area contributed by atoms with Crippen molar-refractivity contribution in [3.8, 4) is 0 Å². The molecule has 0 radical (unpaired) electrons. The number of phosphoric acid groups is 1. The molecule has 9 heteroatoms. The number of nitrogens with zero attached hydrogens (tertiary/aromatic N) is 1. The smallest absolute Gasteiger partial charge is 0.391 e. The van der Waals surface area contributed by atoms with Gasteiger partial charge in [-0.25, -0.2) is 4.57 Å². The van der Waals surface area contributed by atoms with Gasteiger partial charge in [-0.1, -0.05) is 233 Å². The summed E-state index contributed by atoms with van der Waals surface area (Å²) < 4.78 is 23.5. The molecule has 3 atom stereocenters. The maximum Gasteiger partial charge on any atom is 0.472 e. The number of amides is 1. The van der Waals surface area contributed by atoms with E-state index in [4.69, 9.17) is 9.05 Å². The third kappa shape index (κ3) is 51.3. The monoisotopic (exact) mass is 970 g/mol. The van der Waals surface area contributed by atoms with E-state index in [1.165, 1.54) is 89.9 Å². The number of carbonyl (C=O) groups excluding carboxylic acids is 1. The van der Waals surface area contributed by atoms with Crippen molar-refractivity contribution < 1.29 is 32.9 Å². The molecule has 8 nitrogen and oxygen atoms in total. The maximum atomic E-state index is 12.8. The van der Waals surface area contributed by atoms with E-state index in [0.29, 0.717) is 23.9 Å². The molecule has 0 bridgehead atoms. The van der Waals surface area contributed by atoms with Gasteiger partial charge in [0.15, 0.2) is 0 Å². The van der Waals surface area contributed by atoms with Crippen molar-refractivity contribution in [1.82, 2.24) is 5.32 Å². The van der Waals surface area contributed by atoms with Crippen LogP contribution in [-0.2, 0) is 18.4 Å². The molecule has 0 aromatic carbocycles. The molecular weight excluding hydrogens is 864 g/mol. The summed E-state index contributed by atoms with van der Waals surface area (Å²) in [5, 5.41) is 13.8. The number of nitrogens with one attached hydrogen (secondary N) is 1. The number of likely N-dealkylation sites (N-methyl/N-ethyl adjacent to an activating group) is 1. The van der Waals surface area contributed by atoms with Gasteiger partial charge in [-0.3, -0.25) is 13.8 Å². The molecule has 0 heterocycles. The lowest BCUT2D eigenvalue weighted by Gasteiger charge is -2.26. The predicted molar refractivity (Wildman–Crippen MR) is 295 cm³/mol. The first-order valence-corrected chi connectivity index (χ1v) is 29.1. The second-order valence-corrected chi connectivity index (χ2v) is 21.0. The fourth-order valence-electron chi connectivity index (χ4n) is 7.53. The molecule has 68 heavy (non-hydrogen) atoms. The Morgan fingerprint density at radius 1 is 0.515 bits per heavy atom. The molecule has 0 aliphatic heterocycles. The van der Waals surface area contributed by atoms with Crippen LogP contribution in [0.15, 0.2) is 97.2 Å². The number of aliphatic hydroxyl groups excluding tert-OH is 1. The average Bonchev–Trinajstić information content (AvgIpc) is 3.30. The van der Waals surface area contributed by atoms with E-state index in [1.807, 2.05) is 21.1 Å². The zero-order valence-electron chi connectivity index (χ0n) is 44.6. The molecule has 0 aromatic heterocycles. The van der Waals surface area contributed by atoms with Crippen molar-refractivity contribution in [3.05, 3.63) is 97.2 Å². The first-order chi connectivity index (χ1) is 33.0. The van der Waals surface area contributed by atoms with Crippen molar-refractivity contribution in [3.63, 3.8) is 0 Å². The molecule has 0 saturated carbocycles. The van der Waals surface area contributed by atoms with Gasteiger partial charge in [0, 0.05) is 6.42 Å². The predicted octanol–water partition coefficient (Wildman–Crippen LogP) is 16.6. The minimum Gasteiger partial charge on any atom is -0.391 e. The molecule has 3 N–H and O–H groups in total. The van der Waals surface area contributed by atoms with Crippen LogP contribution in [0, 0.1) is 0 Å². The van der Waals surface area contributed by atoms with E-state index < -0.39 is 20.0 Å². The molecule has 0 saturated heterocycles. The minimum absolute atomic E-state index is 0.0713. The Morgan fingerprint density at radius 2 is 0.882 bits per heavy atom. The van der Waals surface area contributed by atoms with Gasteiger partial charge in [0.25, 0.3) is 0 Å². The van der Waals surface area contributed by atoms with Crippen LogP contribution in [-0.4, -0.2) is 73.4 Å². The van der Waals surface area contributed by atoms with Gasteiger partial charge in [-0.2, -0.15) is 0 Å². The average molecular weight is 970 g/mol. The summed E-state index contributed by atoms with van der Waals surface area (Å²) in [6, 6.07) is -0.760. The third-order valence-corrected chi connectivity index (χ3v) is 12.8. The quantitative estimate of drug-likeness (QED) is 0.0243. The van der Waals surface area contributed by atoms with Crippen LogP contribution in [0.4, 0.5) is 0 Å². The van der Waals surface area contributed by atoms with Crippen LogP contribution in [0.5, 0.6) is 0 Å². The van der Waals surface area contributed by atoms with Gasteiger partial charge in [-0.15, -0.1) is 0 Å². The first-order valence-electron chi connectivity index (χ1n) is 27.6. The van der Waals surface area contributed by atoms with Gasteiger partial charge in [0.05, 0.1) is 39.9 Å². The topological polar surface area (TPSA) is 105 Å². The van der Waals surface area contributed by atoms with E-state index in [1.54, 1.807) is 0 Å². The van der Waals surface area contributed by atoms with Crippen molar-refractivity contribution in [2.75, 3.05) is 40.9 Å². The number of unbranched alkanes of at least 4 members (excludes halogenated alkanes) is 20. The summed E-state index contributed by atoms with van der Waals surface area (Å²) in [6.45, 7) is 4.67. The molecule has 0 spiro atoms. The fourth-order valence-corrected chi connectivity index (χ4v) is 8.27. The molecule has 0 aliphatic carbocycles. The van der Waals surface area contributed by atoms with Crippen LogP contribution < -0.4 is 5.32 Å². The number of quaternary nitrogens is 1. The Hall–Kier alpha value is -2.58. The number of allylic oxidation sites excluding steroid dienone is 16. The molecule has 3 unspecified atom stereocenters. The Labute approximate surface area is 419 Å². The lowest BCUT2D eigenvalue weighted by Crippen LogP contribution is -2.46. The van der Waals surface area contributed by atoms with E-state index in [-0.39, 0.29) is 19.1 Å². The largest absolute Gasteiger partial charge is 0.472 e. The van der Waals surface area contributed by atoms with Gasteiger partial charge in [-0.05, 0) is 77.0 Å². The number of hydrogen-bond donors (Lipinski definition) is 3. The van der Waals surface area contributed by atoms with Crippen LogP contribution >= 0.6 is 7.82 Å². The molecule has 392 valence electrons. The Kier molecular flexibility index (Phi) is 47.5. The Morgan fingerprint density at radius 3 is 1.29 bits per heavy atom. The molecule has 0 aromatic rings. The van der Waals surface area contributed by atoms with Gasteiger partial charge in [0.1, 0.15) is 13.2 Å². The summed E-state index contributed by atoms with van der Waals surface area (Å²) in [4.78, 5) is 23.0. The maximum absolute atomic E-state index is 12.8. The van der Waals surface area contributed by atoms with Crippen LogP contribution in [0.1, 0.15) is 219 Å². The number of carbonyl (C=O) groups is 1. The van der Waals surface area contributed by atoms with Crippen LogP contribution in [0.3, 0.4) is 0 Å². The SMILES string of the molecule is CC/C=C\C/C=C\C/C=C\C/C=C\C/C=C\C/C=C\C/C=C\C/C=C\CCCCCCCCCCCCCCCCCCC(=O)NC(COP(=O)(O)OCC[N+](C)(C)C)C(O)CCCCCCC. The highest BCUT2D eigenvalue weighted by Gasteiger charge is 2.28. The fraction of sp³-hybridized carbons (Fsp3) is 0.712. The second-order valence-electron chi connectivity index (χ2n) is 19.6. The highest BCUT2D eigenvalue weighted by molar-refractivity contribution is 7.47. The van der Waals surface area contributed by atoms with Gasteiger partial charge < -0.3 is 19.8 Å². The minimum atomic E-state index is -4.30. The zero-order chi connectivity index (χ0) is 49.9. The third-order valence-electron chi connectivity index (χ3n) is 11.8. The molecular formula is C59H106N2O6P+. The standard InChI is InChI=1S/C59H105N2O6P/c1-6-8-10-12-13-14-15-16-17-18-19-20-21-22-23-24-25-26-27-28-29-30-31-32-33-34-35-36-37-38-39-40-41-42-43-44-45-46-47-49-51-53-59(63)60-57(58(62)52-50-48-11-9-7-2)56-67-68(64,65)66-55-54-61(3,4)5/h8,10,13-14,16-17,19-20,22-23,25-26,28-29,31-32,57-58,62H,6-7,9,11-12,15,18,21,24,27,30,33-56H2,1-5H3,(H-,60,63,64,65)/p+1/b10-8-,14-13-,17-16-,20-19-,23-22-,26-25-,29-28-,32-31-. The summed E-state index contributed by atoms with van der Waals surface area (Å²) in [5.41, 5.74) is 0. The lowest BCUT2D eigenvalue weighted by molar-refractivity contribution is -0.870. The summed E-state index contributed by atoms with van der Waals surface area (Å²) >= 11 is 0. The zero-order valence-corrected chi connectivity index (χ0v) is 45.5. The summed E-state index contributed by atoms with van der Waals surface area (Å²) in [5.74, 6) is -0.154. The highest BCUT2D eigenvalue weighted by atomic mass is 31.2. The van der Waals surface area contributed by atoms with Crippen molar-refractivity contribution in [2.24, 2.45) is 0 Å². The van der Waals surface area contributed by atoms with E-state index in [0.717, 1.165) is 103 Å². The van der Waals surface area contributed by atoms with Crippen LogP contribution in [0.2, 0.25) is 0 Å². The highest BCUT2D eigenvalue weighted by Crippen LogP contribution is 2.43. The van der Waals surface area contributed by atoms with Crippen LogP contribution in [0.25, 0.3) is 0 Å². The number of aliphatic hydroxyl groups is 1. The molecule has 1 amide bonds. The number of rotatable bonds is 49. The Bertz CT molecular complexity index is 1420.